The van der Waals surface area contributed by atoms with Crippen LogP contribution in [0.15, 0.2) is 24.3 Å². The lowest BCUT2D eigenvalue weighted by Crippen LogP contribution is -2.02. The number of nitrogens with zero attached hydrogens (tertiary/aromatic N) is 2. The molecule has 0 fully saturated rings. The lowest BCUT2D eigenvalue weighted by atomic mass is 10.3. The van der Waals surface area contributed by atoms with Crippen molar-refractivity contribution in [3.8, 4) is 5.88 Å². The number of fused-ring (bicyclic) bond motifs is 1. The fraction of sp³-hybridized carbons (Fsp3) is 0.100. The van der Waals surface area contributed by atoms with Crippen molar-refractivity contribution >= 4 is 23.3 Å². The van der Waals surface area contributed by atoms with E-state index in [9.17, 15) is 4.79 Å². The molecule has 0 bridgehead atoms. The number of methoxy groups -OCH3 is 1. The zero-order chi connectivity index (χ0) is 10.7. The van der Waals surface area contributed by atoms with Crippen molar-refractivity contribution in [1.29, 1.82) is 0 Å². The molecule has 76 valence electrons. The Hall–Kier alpha value is -2.17. The molecule has 0 aliphatic carbocycles. The van der Waals surface area contributed by atoms with Gasteiger partial charge in [-0.15, -0.1) is 0 Å². The van der Waals surface area contributed by atoms with E-state index in [1.165, 1.54) is 7.11 Å². The lowest BCUT2D eigenvalue weighted by molar-refractivity contribution is -0.105. The molecule has 0 aliphatic rings. The summed E-state index contributed by atoms with van der Waals surface area (Å²) in [6.45, 7) is 0. The van der Waals surface area contributed by atoms with Gasteiger partial charge in [0.2, 0.25) is 6.41 Å². The number of hydrogen-bond acceptors (Lipinski definition) is 4. The minimum Gasteiger partial charge on any atom is -0.478 e. The summed E-state index contributed by atoms with van der Waals surface area (Å²) < 4.78 is 5.01. The quantitative estimate of drug-likeness (QED) is 0.761. The first-order valence-corrected chi connectivity index (χ1v) is 4.36. The Kier molecular flexibility index (Phi) is 2.45. The van der Waals surface area contributed by atoms with Crippen molar-refractivity contribution in [3.05, 3.63) is 24.3 Å². The fourth-order valence-electron chi connectivity index (χ4n) is 1.28. The second-order valence-electron chi connectivity index (χ2n) is 2.83. The Bertz CT molecular complexity index is 499. The molecule has 0 unspecified atom stereocenters. The molecule has 1 aromatic heterocycles. The van der Waals surface area contributed by atoms with Gasteiger partial charge in [0.15, 0.2) is 5.82 Å². The number of para-hydroxylation sites is 2. The second kappa shape index (κ2) is 3.91. The van der Waals surface area contributed by atoms with E-state index < -0.39 is 0 Å². The number of amides is 1. The normalized spacial score (nSPS) is 9.93. The number of hydrogen-bond donors (Lipinski definition) is 1. The van der Waals surface area contributed by atoms with Gasteiger partial charge < -0.3 is 10.1 Å². The molecule has 5 heteroatoms. The minimum atomic E-state index is 0.306. The van der Waals surface area contributed by atoms with E-state index in [1.54, 1.807) is 0 Å². The highest BCUT2D eigenvalue weighted by Crippen LogP contribution is 2.21. The topological polar surface area (TPSA) is 64.1 Å². The summed E-state index contributed by atoms with van der Waals surface area (Å²) in [5.41, 5.74) is 1.44. The van der Waals surface area contributed by atoms with Crippen LogP contribution < -0.4 is 10.1 Å². The monoisotopic (exact) mass is 203 g/mol. The molecular formula is C10H9N3O2. The summed E-state index contributed by atoms with van der Waals surface area (Å²) in [7, 11) is 1.48. The molecule has 0 saturated heterocycles. The van der Waals surface area contributed by atoms with Crippen LogP contribution in [0.25, 0.3) is 11.0 Å². The van der Waals surface area contributed by atoms with Gasteiger partial charge in [-0.1, -0.05) is 12.1 Å². The van der Waals surface area contributed by atoms with Gasteiger partial charge in [-0.25, -0.2) is 9.97 Å². The Morgan fingerprint density at radius 2 is 1.93 bits per heavy atom. The number of carbonyl (C=O) groups excluding carboxylic acids is 1. The maximum absolute atomic E-state index is 10.3. The van der Waals surface area contributed by atoms with Crippen LogP contribution >= 0.6 is 0 Å². The molecule has 2 rings (SSSR count). The van der Waals surface area contributed by atoms with Crippen LogP contribution in [0.4, 0.5) is 5.82 Å². The van der Waals surface area contributed by atoms with Crippen molar-refractivity contribution in [2.75, 3.05) is 12.4 Å². The van der Waals surface area contributed by atoms with Gasteiger partial charge in [0.25, 0.3) is 5.88 Å². The van der Waals surface area contributed by atoms with E-state index in [0.29, 0.717) is 23.6 Å². The van der Waals surface area contributed by atoms with Gasteiger partial charge in [-0.3, -0.25) is 4.79 Å². The van der Waals surface area contributed by atoms with E-state index in [-0.39, 0.29) is 0 Å². The Balaban J connectivity index is 2.63. The number of aromatic nitrogens is 2. The van der Waals surface area contributed by atoms with Crippen molar-refractivity contribution in [3.63, 3.8) is 0 Å². The van der Waals surface area contributed by atoms with E-state index in [4.69, 9.17) is 4.74 Å². The predicted octanol–water partition coefficient (Wildman–Crippen LogP) is 1.21. The standard InChI is InChI=1S/C10H9N3O2/c1-15-10-9(11-6-14)12-7-4-2-3-5-8(7)13-10/h2-6H,1H3,(H,11,12,14). The van der Waals surface area contributed by atoms with Crippen molar-refractivity contribution in [1.82, 2.24) is 9.97 Å². The molecule has 2 aromatic rings. The van der Waals surface area contributed by atoms with Crippen LogP contribution in [-0.4, -0.2) is 23.5 Å². The molecular weight excluding hydrogens is 194 g/mol. The Labute approximate surface area is 86.1 Å². The first-order chi connectivity index (χ1) is 7.35. The molecule has 0 saturated carbocycles. The molecule has 0 spiro atoms. The van der Waals surface area contributed by atoms with Crippen LogP contribution in [0.1, 0.15) is 0 Å². The third-order valence-electron chi connectivity index (χ3n) is 1.93. The van der Waals surface area contributed by atoms with Gasteiger partial charge in [0, 0.05) is 0 Å². The van der Waals surface area contributed by atoms with Crippen molar-refractivity contribution in [2.24, 2.45) is 0 Å². The number of ether oxygens (including phenoxy) is 1. The molecule has 0 aliphatic heterocycles. The smallest absolute Gasteiger partial charge is 0.258 e. The Morgan fingerprint density at radius 1 is 1.27 bits per heavy atom. The van der Waals surface area contributed by atoms with Crippen LogP contribution in [-0.2, 0) is 4.79 Å². The molecule has 0 atom stereocenters. The lowest BCUT2D eigenvalue weighted by Gasteiger charge is -2.06. The highest BCUT2D eigenvalue weighted by molar-refractivity contribution is 5.80. The third kappa shape index (κ3) is 1.71. The van der Waals surface area contributed by atoms with Crippen molar-refractivity contribution in [2.45, 2.75) is 0 Å². The zero-order valence-electron chi connectivity index (χ0n) is 8.10. The summed E-state index contributed by atoms with van der Waals surface area (Å²) in [6, 6.07) is 7.37. The molecule has 5 nitrogen and oxygen atoms in total. The van der Waals surface area contributed by atoms with Gasteiger partial charge in [-0.05, 0) is 12.1 Å². The highest BCUT2D eigenvalue weighted by Gasteiger charge is 2.07. The summed E-state index contributed by atoms with van der Waals surface area (Å²) in [5.74, 6) is 0.631. The SMILES string of the molecule is COc1nc2ccccc2nc1NC=O. The summed E-state index contributed by atoms with van der Waals surface area (Å²) in [6.07, 6.45) is 0.543. The van der Waals surface area contributed by atoms with Gasteiger partial charge in [0.05, 0.1) is 18.1 Å². The summed E-state index contributed by atoms with van der Waals surface area (Å²) in [5, 5.41) is 2.44. The second-order valence-corrected chi connectivity index (χ2v) is 2.83. The maximum atomic E-state index is 10.3. The number of carbonyl (C=O) groups is 1. The molecule has 1 heterocycles. The average molecular weight is 203 g/mol. The fourth-order valence-corrected chi connectivity index (χ4v) is 1.28. The van der Waals surface area contributed by atoms with E-state index in [0.717, 1.165) is 5.52 Å². The van der Waals surface area contributed by atoms with Crippen LogP contribution in [0.5, 0.6) is 5.88 Å². The molecule has 15 heavy (non-hydrogen) atoms. The van der Waals surface area contributed by atoms with Crippen LogP contribution in [0.2, 0.25) is 0 Å². The van der Waals surface area contributed by atoms with Crippen molar-refractivity contribution < 1.29 is 9.53 Å². The number of anilines is 1. The summed E-state index contributed by atoms with van der Waals surface area (Å²) >= 11 is 0. The predicted molar refractivity (Wildman–Crippen MR) is 55.8 cm³/mol. The van der Waals surface area contributed by atoms with Gasteiger partial charge >= 0.3 is 0 Å². The number of benzene rings is 1. The Morgan fingerprint density at radius 3 is 2.53 bits per heavy atom. The highest BCUT2D eigenvalue weighted by atomic mass is 16.5. The third-order valence-corrected chi connectivity index (χ3v) is 1.93. The number of rotatable bonds is 3. The molecule has 0 radical (unpaired) electrons. The first kappa shape index (κ1) is 9.39. The van der Waals surface area contributed by atoms with E-state index in [2.05, 4.69) is 15.3 Å². The maximum Gasteiger partial charge on any atom is 0.258 e. The largest absolute Gasteiger partial charge is 0.478 e. The van der Waals surface area contributed by atoms with Gasteiger partial charge in [0.1, 0.15) is 0 Å². The zero-order valence-corrected chi connectivity index (χ0v) is 8.10. The molecule has 1 N–H and O–H groups in total. The average Bonchev–Trinajstić information content (AvgIpc) is 2.28. The van der Waals surface area contributed by atoms with E-state index >= 15 is 0 Å². The summed E-state index contributed by atoms with van der Waals surface area (Å²) in [4.78, 5) is 18.8. The molecule has 1 aromatic carbocycles. The first-order valence-electron chi connectivity index (χ1n) is 4.36. The number of nitrogens with one attached hydrogen (secondary N) is 1. The minimum absolute atomic E-state index is 0.306. The van der Waals surface area contributed by atoms with Crippen LogP contribution in [0, 0.1) is 0 Å². The van der Waals surface area contributed by atoms with E-state index in [1.807, 2.05) is 24.3 Å². The van der Waals surface area contributed by atoms with Gasteiger partial charge in [-0.2, -0.15) is 0 Å². The molecule has 1 amide bonds. The van der Waals surface area contributed by atoms with Crippen LogP contribution in [0.3, 0.4) is 0 Å².